The van der Waals surface area contributed by atoms with Crippen LogP contribution in [0.1, 0.15) is 20.3 Å². The molecule has 2 atom stereocenters. The summed E-state index contributed by atoms with van der Waals surface area (Å²) in [6.07, 6.45) is 0.361. The normalized spacial score (nSPS) is 27.6. The number of likely N-dealkylation sites (tertiary alicyclic amines) is 1. The SMILES string of the molecule is CC(C)C(=O)N1CCC(S)[C@@]1(C(=O)O)C(=O)CN. The van der Waals surface area contributed by atoms with Crippen LogP contribution in [0.2, 0.25) is 0 Å². The van der Waals surface area contributed by atoms with E-state index in [9.17, 15) is 19.5 Å². The number of nitrogens with two attached hydrogens (primary N) is 1. The van der Waals surface area contributed by atoms with E-state index < -0.39 is 29.1 Å². The fraction of sp³-hybridized carbons (Fsp3) is 0.727. The molecule has 1 aliphatic heterocycles. The second-order valence-corrected chi connectivity index (χ2v) is 5.27. The van der Waals surface area contributed by atoms with Gasteiger partial charge < -0.3 is 15.7 Å². The quantitative estimate of drug-likeness (QED) is 0.475. The maximum Gasteiger partial charge on any atom is 0.338 e. The van der Waals surface area contributed by atoms with Crippen molar-refractivity contribution in [3.63, 3.8) is 0 Å². The predicted molar refractivity (Wildman–Crippen MR) is 68.4 cm³/mol. The lowest BCUT2D eigenvalue weighted by atomic mass is 9.89. The molecule has 0 bridgehead atoms. The van der Waals surface area contributed by atoms with E-state index in [0.29, 0.717) is 6.42 Å². The minimum absolute atomic E-state index is 0.212. The Balaban J connectivity index is 3.29. The predicted octanol–water partition coefficient (Wildman–Crippen LogP) is -0.476. The number of aliphatic carboxylic acids is 1. The van der Waals surface area contributed by atoms with Gasteiger partial charge in [-0.3, -0.25) is 9.59 Å². The van der Waals surface area contributed by atoms with E-state index in [1.54, 1.807) is 13.8 Å². The molecule has 1 saturated heterocycles. The number of hydrogen-bond acceptors (Lipinski definition) is 5. The van der Waals surface area contributed by atoms with Gasteiger partial charge in [-0.05, 0) is 6.42 Å². The highest BCUT2D eigenvalue weighted by molar-refractivity contribution is 7.81. The van der Waals surface area contributed by atoms with Crippen LogP contribution in [-0.4, -0.2) is 51.5 Å². The van der Waals surface area contributed by atoms with Crippen LogP contribution >= 0.6 is 12.6 Å². The molecule has 0 aromatic carbocycles. The molecular weight excluding hydrogens is 256 g/mol. The highest BCUT2D eigenvalue weighted by atomic mass is 32.1. The van der Waals surface area contributed by atoms with Gasteiger partial charge in [0.1, 0.15) is 0 Å². The molecule has 7 heteroatoms. The third-order valence-corrected chi connectivity index (χ3v) is 3.86. The summed E-state index contributed by atoms with van der Waals surface area (Å²) in [4.78, 5) is 36.7. The average Bonchev–Trinajstić information content (AvgIpc) is 2.65. The molecule has 0 spiro atoms. The van der Waals surface area contributed by atoms with Crippen molar-refractivity contribution in [3.8, 4) is 0 Å². The summed E-state index contributed by atoms with van der Waals surface area (Å²) in [5.41, 5.74) is 3.37. The van der Waals surface area contributed by atoms with Crippen molar-refractivity contribution in [2.75, 3.05) is 13.1 Å². The van der Waals surface area contributed by atoms with Crippen LogP contribution in [0.25, 0.3) is 0 Å². The minimum atomic E-state index is -1.92. The third-order valence-electron chi connectivity index (χ3n) is 3.23. The van der Waals surface area contributed by atoms with Crippen molar-refractivity contribution < 1.29 is 19.5 Å². The van der Waals surface area contributed by atoms with Crippen molar-refractivity contribution in [2.45, 2.75) is 31.1 Å². The first-order valence-corrected chi connectivity index (χ1v) is 6.28. The van der Waals surface area contributed by atoms with Crippen LogP contribution in [0.15, 0.2) is 0 Å². The van der Waals surface area contributed by atoms with Gasteiger partial charge in [0.05, 0.1) is 6.54 Å². The maximum absolute atomic E-state index is 12.1. The Bertz CT molecular complexity index is 385. The van der Waals surface area contributed by atoms with Crippen LogP contribution in [0, 0.1) is 5.92 Å². The second-order valence-electron chi connectivity index (χ2n) is 4.65. The Labute approximate surface area is 111 Å². The van der Waals surface area contributed by atoms with Crippen LogP contribution in [0.4, 0.5) is 0 Å². The van der Waals surface area contributed by atoms with Gasteiger partial charge >= 0.3 is 5.97 Å². The highest BCUT2D eigenvalue weighted by Gasteiger charge is 2.60. The topological polar surface area (TPSA) is 101 Å². The molecule has 3 N–H and O–H groups in total. The first-order chi connectivity index (χ1) is 8.29. The van der Waals surface area contributed by atoms with Gasteiger partial charge in [0.25, 0.3) is 0 Å². The van der Waals surface area contributed by atoms with Crippen molar-refractivity contribution in [1.29, 1.82) is 0 Å². The standard InChI is InChI=1S/C11H18N2O4S/c1-6(2)9(15)13-4-3-8(18)11(13,10(16)17)7(14)5-12/h6,8,18H,3-5,12H2,1-2H3,(H,16,17)/t8?,11-/m1/s1. The smallest absolute Gasteiger partial charge is 0.338 e. The molecule has 1 aliphatic rings. The van der Waals surface area contributed by atoms with E-state index in [-0.39, 0.29) is 18.4 Å². The van der Waals surface area contributed by atoms with Crippen LogP contribution < -0.4 is 5.73 Å². The number of carboxylic acids is 1. The number of thiol groups is 1. The first-order valence-electron chi connectivity index (χ1n) is 5.76. The van der Waals surface area contributed by atoms with E-state index >= 15 is 0 Å². The molecule has 6 nitrogen and oxygen atoms in total. The van der Waals surface area contributed by atoms with Gasteiger partial charge in [-0.2, -0.15) is 12.6 Å². The fourth-order valence-corrected chi connectivity index (χ4v) is 2.79. The van der Waals surface area contributed by atoms with Gasteiger partial charge in [-0.1, -0.05) is 13.8 Å². The number of hydrogen-bond donors (Lipinski definition) is 3. The fourth-order valence-electron chi connectivity index (χ4n) is 2.28. The molecule has 0 radical (unpaired) electrons. The summed E-state index contributed by atoms with van der Waals surface area (Å²) in [5, 5.41) is 8.69. The molecule has 1 rings (SSSR count). The third kappa shape index (κ3) is 2.01. The summed E-state index contributed by atoms with van der Waals surface area (Å²) in [5.74, 6) is -2.78. The number of Topliss-reactive ketones (excluding diaryl/α,β-unsaturated/α-hetero) is 1. The molecule has 1 amide bonds. The van der Waals surface area contributed by atoms with E-state index in [0.717, 1.165) is 4.90 Å². The largest absolute Gasteiger partial charge is 0.479 e. The zero-order valence-electron chi connectivity index (χ0n) is 10.4. The van der Waals surface area contributed by atoms with Crippen molar-refractivity contribution in [3.05, 3.63) is 0 Å². The van der Waals surface area contributed by atoms with E-state index in [2.05, 4.69) is 12.6 Å². The molecule has 0 aliphatic carbocycles. The van der Waals surface area contributed by atoms with Gasteiger partial charge in [-0.25, -0.2) is 4.79 Å². The van der Waals surface area contributed by atoms with E-state index in [1.807, 2.05) is 0 Å². The van der Waals surface area contributed by atoms with Gasteiger partial charge in [0.2, 0.25) is 11.4 Å². The number of amides is 1. The number of ketones is 1. The summed E-state index contributed by atoms with van der Waals surface area (Å²) in [6, 6.07) is 0. The number of rotatable bonds is 4. The number of carboxylic acid groups (broad SMARTS) is 1. The Kier molecular flexibility index (Phi) is 4.39. The van der Waals surface area contributed by atoms with Crippen molar-refractivity contribution in [1.82, 2.24) is 4.90 Å². The monoisotopic (exact) mass is 274 g/mol. The van der Waals surface area contributed by atoms with E-state index in [1.165, 1.54) is 0 Å². The Morgan fingerprint density at radius 3 is 2.44 bits per heavy atom. The summed E-state index contributed by atoms with van der Waals surface area (Å²) in [6.45, 7) is 3.11. The van der Waals surface area contributed by atoms with Gasteiger partial charge in [0, 0.05) is 17.7 Å². The van der Waals surface area contributed by atoms with Gasteiger partial charge in [-0.15, -0.1) is 0 Å². The molecule has 0 saturated carbocycles. The Morgan fingerprint density at radius 1 is 1.50 bits per heavy atom. The molecule has 1 unspecified atom stereocenters. The molecule has 18 heavy (non-hydrogen) atoms. The molecule has 1 fully saturated rings. The molecule has 0 aromatic rings. The van der Waals surface area contributed by atoms with Crippen LogP contribution in [0.3, 0.4) is 0 Å². The van der Waals surface area contributed by atoms with Crippen molar-refractivity contribution >= 4 is 30.3 Å². The minimum Gasteiger partial charge on any atom is -0.479 e. The van der Waals surface area contributed by atoms with Crippen LogP contribution in [0.5, 0.6) is 0 Å². The zero-order chi connectivity index (χ0) is 14.1. The summed E-state index contributed by atoms with van der Waals surface area (Å²) in [7, 11) is 0. The summed E-state index contributed by atoms with van der Waals surface area (Å²) >= 11 is 4.18. The zero-order valence-corrected chi connectivity index (χ0v) is 11.3. The first kappa shape index (κ1) is 15.0. The second kappa shape index (κ2) is 5.27. The molecule has 0 aromatic heterocycles. The van der Waals surface area contributed by atoms with Crippen molar-refractivity contribution in [2.24, 2.45) is 11.7 Å². The Morgan fingerprint density at radius 2 is 2.06 bits per heavy atom. The Hall–Kier alpha value is -1.08. The van der Waals surface area contributed by atoms with Gasteiger partial charge in [0.15, 0.2) is 5.78 Å². The van der Waals surface area contributed by atoms with Crippen LogP contribution in [-0.2, 0) is 14.4 Å². The number of carbonyl (C=O) groups excluding carboxylic acids is 2. The summed E-state index contributed by atoms with van der Waals surface area (Å²) < 4.78 is 0. The van der Waals surface area contributed by atoms with E-state index in [4.69, 9.17) is 5.73 Å². The average molecular weight is 274 g/mol. The lowest BCUT2D eigenvalue weighted by Gasteiger charge is -2.36. The molecule has 1 heterocycles. The number of nitrogens with zero attached hydrogens (tertiary/aromatic N) is 1. The molecular formula is C11H18N2O4S. The maximum atomic E-state index is 12.1. The lowest BCUT2D eigenvalue weighted by molar-refractivity contribution is -0.162. The lowest BCUT2D eigenvalue weighted by Crippen LogP contribution is -2.64. The molecule has 102 valence electrons. The number of carbonyl (C=O) groups is 3. The highest BCUT2D eigenvalue weighted by Crippen LogP contribution is 2.35.